The number of nitrogens with zero attached hydrogens (tertiary/aromatic N) is 2. The number of rotatable bonds is 8. The Morgan fingerprint density at radius 1 is 0.188 bits per heavy atom. The third-order valence-electron chi connectivity index (χ3n) is 12.8. The standard InChI is InChI=1S/C62H42N2/c1-3-18-49(19-4-1)63(53-36-26-43-14-7-9-16-47(43)40-53)51-32-28-45(29-33-51)55-24-13-25-58-59(55)38-39-60-56-22-11-12-23-57(56)61(42-62(58)60)46-30-34-52(35-31-46)64(50-20-5-2-6-21-50)54-37-27-44-15-8-10-17-48(44)41-54/h1-42H. The highest BCUT2D eigenvalue weighted by Gasteiger charge is 2.17. The molecule has 12 rings (SSSR count). The normalized spacial score (nSPS) is 11.4. The van der Waals surface area contributed by atoms with Crippen LogP contribution in [-0.4, -0.2) is 0 Å². The van der Waals surface area contributed by atoms with Gasteiger partial charge in [-0.05, 0) is 155 Å². The van der Waals surface area contributed by atoms with E-state index in [2.05, 4.69) is 265 Å². The molecule has 0 aliphatic heterocycles. The van der Waals surface area contributed by atoms with Gasteiger partial charge in [-0.2, -0.15) is 0 Å². The molecule has 0 radical (unpaired) electrons. The molecule has 2 heteroatoms. The number of hydrogen-bond acceptors (Lipinski definition) is 2. The van der Waals surface area contributed by atoms with Crippen molar-refractivity contribution in [2.75, 3.05) is 9.80 Å². The summed E-state index contributed by atoms with van der Waals surface area (Å²) in [4.78, 5) is 4.69. The van der Waals surface area contributed by atoms with E-state index >= 15 is 0 Å². The average molecular weight is 815 g/mol. The number of para-hydroxylation sites is 2. The predicted molar refractivity (Wildman–Crippen MR) is 274 cm³/mol. The lowest BCUT2D eigenvalue weighted by Crippen LogP contribution is -2.09. The summed E-state index contributed by atoms with van der Waals surface area (Å²) in [7, 11) is 0. The third kappa shape index (κ3) is 6.61. The van der Waals surface area contributed by atoms with E-state index in [1.807, 2.05) is 0 Å². The van der Waals surface area contributed by atoms with Gasteiger partial charge < -0.3 is 9.80 Å². The maximum Gasteiger partial charge on any atom is 0.0468 e. The van der Waals surface area contributed by atoms with Gasteiger partial charge in [0.1, 0.15) is 0 Å². The third-order valence-corrected chi connectivity index (χ3v) is 12.8. The molecule has 0 spiro atoms. The molecule has 0 saturated heterocycles. The SMILES string of the molecule is c1ccc(N(c2ccc(-c3cc4c5cccc(-c6ccc(N(c7ccccc7)c7ccc8ccccc8c7)cc6)c5ccc4c4ccccc34)cc2)c2ccc3ccccc3c2)cc1. The zero-order chi connectivity index (χ0) is 42.4. The van der Waals surface area contributed by atoms with E-state index in [0.717, 1.165) is 34.1 Å². The molecule has 0 aliphatic carbocycles. The Morgan fingerprint density at radius 2 is 0.562 bits per heavy atom. The summed E-state index contributed by atoms with van der Waals surface area (Å²) in [6, 6.07) is 92.7. The molecular weight excluding hydrogens is 773 g/mol. The fraction of sp³-hybridized carbons (Fsp3) is 0. The second-order valence-electron chi connectivity index (χ2n) is 16.5. The van der Waals surface area contributed by atoms with Crippen molar-refractivity contribution in [2.45, 2.75) is 0 Å². The van der Waals surface area contributed by atoms with Crippen LogP contribution in [-0.2, 0) is 0 Å². The lowest BCUT2D eigenvalue weighted by atomic mass is 9.89. The average Bonchev–Trinajstić information content (AvgIpc) is 3.37. The second-order valence-corrected chi connectivity index (χ2v) is 16.5. The van der Waals surface area contributed by atoms with E-state index in [1.54, 1.807) is 0 Å². The van der Waals surface area contributed by atoms with Crippen LogP contribution >= 0.6 is 0 Å². The van der Waals surface area contributed by atoms with Crippen LogP contribution in [0.4, 0.5) is 34.1 Å². The number of fused-ring (bicyclic) bond motifs is 7. The van der Waals surface area contributed by atoms with Gasteiger partial charge in [-0.3, -0.25) is 0 Å². The van der Waals surface area contributed by atoms with Crippen molar-refractivity contribution in [3.05, 3.63) is 255 Å². The molecule has 0 heterocycles. The van der Waals surface area contributed by atoms with Crippen molar-refractivity contribution in [3.8, 4) is 22.3 Å². The Bertz CT molecular complexity index is 3650. The quantitative estimate of drug-likeness (QED) is 0.141. The molecule has 12 aromatic carbocycles. The molecule has 2 nitrogen and oxygen atoms in total. The van der Waals surface area contributed by atoms with Crippen LogP contribution in [0.15, 0.2) is 255 Å². The van der Waals surface area contributed by atoms with Crippen molar-refractivity contribution < 1.29 is 0 Å². The van der Waals surface area contributed by atoms with Gasteiger partial charge >= 0.3 is 0 Å². The fourth-order valence-corrected chi connectivity index (χ4v) is 9.70. The van der Waals surface area contributed by atoms with Gasteiger partial charge in [0.05, 0.1) is 0 Å². The second kappa shape index (κ2) is 15.8. The van der Waals surface area contributed by atoms with Gasteiger partial charge in [-0.1, -0.05) is 176 Å². The van der Waals surface area contributed by atoms with Gasteiger partial charge in [0.25, 0.3) is 0 Å². The summed E-state index contributed by atoms with van der Waals surface area (Å²) >= 11 is 0. The first-order valence-corrected chi connectivity index (χ1v) is 22.0. The molecule has 0 saturated carbocycles. The number of hydrogen-bond donors (Lipinski definition) is 0. The van der Waals surface area contributed by atoms with Crippen LogP contribution < -0.4 is 9.80 Å². The Balaban J connectivity index is 0.943. The van der Waals surface area contributed by atoms with E-state index < -0.39 is 0 Å². The van der Waals surface area contributed by atoms with Gasteiger partial charge in [-0.15, -0.1) is 0 Å². The maximum absolute atomic E-state index is 2.42. The van der Waals surface area contributed by atoms with Crippen LogP contribution in [0.2, 0.25) is 0 Å². The maximum atomic E-state index is 2.42. The van der Waals surface area contributed by atoms with E-state index in [1.165, 1.54) is 76.1 Å². The molecule has 0 bridgehead atoms. The minimum atomic E-state index is 1.11. The van der Waals surface area contributed by atoms with Gasteiger partial charge in [0, 0.05) is 34.1 Å². The van der Waals surface area contributed by atoms with Crippen molar-refractivity contribution in [1.29, 1.82) is 0 Å². The molecule has 300 valence electrons. The van der Waals surface area contributed by atoms with E-state index in [0.29, 0.717) is 0 Å². The Labute approximate surface area is 373 Å². The topological polar surface area (TPSA) is 6.48 Å². The van der Waals surface area contributed by atoms with Crippen molar-refractivity contribution in [2.24, 2.45) is 0 Å². The van der Waals surface area contributed by atoms with Crippen LogP contribution in [0, 0.1) is 0 Å². The smallest absolute Gasteiger partial charge is 0.0468 e. The molecule has 0 unspecified atom stereocenters. The van der Waals surface area contributed by atoms with Crippen molar-refractivity contribution >= 4 is 88.0 Å². The molecule has 64 heavy (non-hydrogen) atoms. The van der Waals surface area contributed by atoms with E-state index in [-0.39, 0.29) is 0 Å². The lowest BCUT2D eigenvalue weighted by Gasteiger charge is -2.26. The Morgan fingerprint density at radius 3 is 1.12 bits per heavy atom. The molecule has 0 aliphatic rings. The summed E-state index contributed by atoms with van der Waals surface area (Å²) in [5.74, 6) is 0. The summed E-state index contributed by atoms with van der Waals surface area (Å²) in [6.45, 7) is 0. The summed E-state index contributed by atoms with van der Waals surface area (Å²) in [5, 5.41) is 12.4. The predicted octanol–water partition coefficient (Wildman–Crippen LogP) is 17.7. The molecule has 0 fully saturated rings. The van der Waals surface area contributed by atoms with Crippen molar-refractivity contribution in [3.63, 3.8) is 0 Å². The molecular formula is C62H42N2. The fourth-order valence-electron chi connectivity index (χ4n) is 9.70. The van der Waals surface area contributed by atoms with Gasteiger partial charge in [0.2, 0.25) is 0 Å². The highest BCUT2D eigenvalue weighted by atomic mass is 15.1. The molecule has 0 atom stereocenters. The summed E-state index contributed by atoms with van der Waals surface area (Å²) < 4.78 is 0. The Kier molecular flexibility index (Phi) is 9.20. The summed E-state index contributed by atoms with van der Waals surface area (Å²) in [6.07, 6.45) is 0. The zero-order valence-corrected chi connectivity index (χ0v) is 35.1. The van der Waals surface area contributed by atoms with Crippen LogP contribution in [0.1, 0.15) is 0 Å². The highest BCUT2D eigenvalue weighted by molar-refractivity contribution is 6.22. The molecule has 0 N–H and O–H groups in total. The monoisotopic (exact) mass is 814 g/mol. The minimum absolute atomic E-state index is 1.11. The Hall–Kier alpha value is -8.46. The molecule has 0 amide bonds. The van der Waals surface area contributed by atoms with E-state index in [9.17, 15) is 0 Å². The molecule has 0 aromatic heterocycles. The number of benzene rings is 12. The minimum Gasteiger partial charge on any atom is -0.310 e. The summed E-state index contributed by atoms with van der Waals surface area (Å²) in [5.41, 5.74) is 11.5. The molecule has 12 aromatic rings. The van der Waals surface area contributed by atoms with Gasteiger partial charge in [-0.25, -0.2) is 0 Å². The first kappa shape index (κ1) is 37.3. The lowest BCUT2D eigenvalue weighted by molar-refractivity contribution is 1.29. The van der Waals surface area contributed by atoms with Crippen molar-refractivity contribution in [1.82, 2.24) is 0 Å². The van der Waals surface area contributed by atoms with Crippen LogP contribution in [0.3, 0.4) is 0 Å². The zero-order valence-electron chi connectivity index (χ0n) is 35.1. The van der Waals surface area contributed by atoms with Gasteiger partial charge in [0.15, 0.2) is 0 Å². The van der Waals surface area contributed by atoms with Crippen LogP contribution in [0.25, 0.3) is 76.1 Å². The van der Waals surface area contributed by atoms with E-state index in [4.69, 9.17) is 0 Å². The largest absolute Gasteiger partial charge is 0.310 e. The van der Waals surface area contributed by atoms with Crippen LogP contribution in [0.5, 0.6) is 0 Å². The number of anilines is 6. The first-order valence-electron chi connectivity index (χ1n) is 22.0. The first-order chi connectivity index (χ1) is 31.7. The highest BCUT2D eigenvalue weighted by Crippen LogP contribution is 2.43.